The highest BCUT2D eigenvalue weighted by atomic mass is 16.5. The number of aryl methyl sites for hydroxylation is 3. The summed E-state index contributed by atoms with van der Waals surface area (Å²) in [5.41, 5.74) is 3.99. The molecule has 3 rings (SSSR count). The number of hydrogen-bond acceptors (Lipinski definition) is 5. The van der Waals surface area contributed by atoms with Crippen LogP contribution in [0.15, 0.2) is 24.3 Å². The fourth-order valence-corrected chi connectivity index (χ4v) is 3.67. The maximum atomic E-state index is 12.6. The number of anilines is 2. The van der Waals surface area contributed by atoms with E-state index in [0.717, 1.165) is 23.4 Å². The number of carbonyl (C=O) groups excluding carboxylic acids is 3. The lowest BCUT2D eigenvalue weighted by atomic mass is 10.1. The van der Waals surface area contributed by atoms with Crippen LogP contribution in [0.2, 0.25) is 0 Å². The van der Waals surface area contributed by atoms with E-state index >= 15 is 0 Å². The lowest BCUT2D eigenvalue weighted by molar-refractivity contribution is -0.157. The Balaban J connectivity index is 1.63. The van der Waals surface area contributed by atoms with Crippen molar-refractivity contribution in [2.45, 2.75) is 46.6 Å². The van der Waals surface area contributed by atoms with Crippen LogP contribution in [0.25, 0.3) is 0 Å². The second-order valence-corrected chi connectivity index (χ2v) is 7.63. The van der Waals surface area contributed by atoms with E-state index in [9.17, 15) is 14.4 Å². The molecule has 2 atom stereocenters. The molecule has 0 spiro atoms. The maximum absolute atomic E-state index is 12.6. The van der Waals surface area contributed by atoms with Crippen molar-refractivity contribution in [2.75, 3.05) is 16.8 Å². The summed E-state index contributed by atoms with van der Waals surface area (Å²) in [4.78, 5) is 39.3. The van der Waals surface area contributed by atoms with Gasteiger partial charge in [-0.1, -0.05) is 25.1 Å². The molecule has 1 fully saturated rings. The minimum absolute atomic E-state index is 0.0754. The summed E-state index contributed by atoms with van der Waals surface area (Å²) in [7, 11) is 1.79. The number of ether oxygens (including phenoxy) is 1. The van der Waals surface area contributed by atoms with Gasteiger partial charge in [-0.2, -0.15) is 5.10 Å². The highest BCUT2D eigenvalue weighted by Crippen LogP contribution is 2.29. The third-order valence-electron chi connectivity index (χ3n) is 5.54. The number of rotatable bonds is 6. The number of esters is 1. The third kappa shape index (κ3) is 4.22. The van der Waals surface area contributed by atoms with E-state index in [1.165, 1.54) is 6.92 Å². The van der Waals surface area contributed by atoms with E-state index in [-0.39, 0.29) is 18.9 Å². The first-order chi connectivity index (χ1) is 14.2. The Kier molecular flexibility index (Phi) is 6.24. The number of hydrogen-bond donors (Lipinski definition) is 1. The van der Waals surface area contributed by atoms with Gasteiger partial charge >= 0.3 is 5.97 Å². The summed E-state index contributed by atoms with van der Waals surface area (Å²) >= 11 is 0. The van der Waals surface area contributed by atoms with Crippen LogP contribution in [0.1, 0.15) is 37.2 Å². The van der Waals surface area contributed by atoms with Crippen molar-refractivity contribution in [1.82, 2.24) is 9.78 Å². The first-order valence-corrected chi connectivity index (χ1v) is 10.1. The van der Waals surface area contributed by atoms with Crippen LogP contribution in [0.5, 0.6) is 0 Å². The predicted molar refractivity (Wildman–Crippen MR) is 113 cm³/mol. The molecule has 2 amide bonds. The molecule has 0 unspecified atom stereocenters. The number of para-hydroxylation sites is 1. The van der Waals surface area contributed by atoms with Crippen molar-refractivity contribution < 1.29 is 19.1 Å². The number of nitrogens with one attached hydrogen (secondary N) is 1. The monoisotopic (exact) mass is 412 g/mol. The quantitative estimate of drug-likeness (QED) is 0.736. The fraction of sp³-hybridized carbons (Fsp3) is 0.455. The van der Waals surface area contributed by atoms with Crippen LogP contribution in [-0.4, -0.2) is 40.2 Å². The Morgan fingerprint density at radius 3 is 2.63 bits per heavy atom. The molecule has 30 heavy (non-hydrogen) atoms. The zero-order valence-corrected chi connectivity index (χ0v) is 18.1. The largest absolute Gasteiger partial charge is 0.452 e. The van der Waals surface area contributed by atoms with Crippen LogP contribution in [0.3, 0.4) is 0 Å². The molecule has 2 heterocycles. The summed E-state index contributed by atoms with van der Waals surface area (Å²) in [6.07, 6.45) is -0.116. The first kappa shape index (κ1) is 21.5. The van der Waals surface area contributed by atoms with Crippen molar-refractivity contribution in [3.63, 3.8) is 0 Å². The van der Waals surface area contributed by atoms with Crippen LogP contribution in [-0.2, 0) is 32.6 Å². The molecule has 8 heteroatoms. The van der Waals surface area contributed by atoms with Crippen LogP contribution in [0.4, 0.5) is 11.4 Å². The third-order valence-corrected chi connectivity index (χ3v) is 5.54. The second kappa shape index (κ2) is 8.69. The lowest BCUT2D eigenvalue weighted by Crippen LogP contribution is -2.33. The molecular weight excluding hydrogens is 384 g/mol. The van der Waals surface area contributed by atoms with Gasteiger partial charge in [0.15, 0.2) is 6.10 Å². The van der Waals surface area contributed by atoms with E-state index in [2.05, 4.69) is 10.4 Å². The van der Waals surface area contributed by atoms with E-state index < -0.39 is 23.9 Å². The highest BCUT2D eigenvalue weighted by molar-refractivity contribution is 6.01. The molecule has 0 bridgehead atoms. The summed E-state index contributed by atoms with van der Waals surface area (Å²) in [6.45, 7) is 7.45. The summed E-state index contributed by atoms with van der Waals surface area (Å²) in [5.74, 6) is -1.68. The van der Waals surface area contributed by atoms with E-state index in [1.54, 1.807) is 23.6 Å². The first-order valence-electron chi connectivity index (χ1n) is 10.1. The van der Waals surface area contributed by atoms with Gasteiger partial charge in [0.05, 0.1) is 23.0 Å². The molecule has 2 aromatic rings. The number of carbonyl (C=O) groups is 3. The SMILES string of the molecule is CCc1ccccc1N1C[C@@H](C(=O)O[C@@H](C)C(=O)Nc2c(C)nn(C)c2C)CC1=O. The molecule has 0 aliphatic carbocycles. The van der Waals surface area contributed by atoms with Crippen LogP contribution >= 0.6 is 0 Å². The van der Waals surface area contributed by atoms with Crippen molar-refractivity contribution in [1.29, 1.82) is 0 Å². The Labute approximate surface area is 176 Å². The zero-order valence-electron chi connectivity index (χ0n) is 18.1. The van der Waals surface area contributed by atoms with Gasteiger partial charge in [-0.25, -0.2) is 0 Å². The number of aromatic nitrogens is 2. The van der Waals surface area contributed by atoms with Gasteiger partial charge in [-0.15, -0.1) is 0 Å². The molecule has 1 saturated heterocycles. The summed E-state index contributed by atoms with van der Waals surface area (Å²) < 4.78 is 7.06. The molecule has 1 aromatic carbocycles. The molecule has 0 saturated carbocycles. The molecular formula is C22H28N4O4. The standard InChI is InChI=1S/C22H28N4O4/c1-6-16-9-7-8-10-18(16)26-12-17(11-19(26)27)22(29)30-15(4)21(28)23-20-13(2)24-25(5)14(20)3/h7-10,15,17H,6,11-12H2,1-5H3,(H,23,28)/t15-,17-/m0/s1. The maximum Gasteiger partial charge on any atom is 0.312 e. The molecule has 1 aromatic heterocycles. The molecule has 160 valence electrons. The van der Waals surface area contributed by atoms with E-state index in [1.807, 2.05) is 38.1 Å². The molecule has 1 aliphatic rings. The second-order valence-electron chi connectivity index (χ2n) is 7.63. The van der Waals surface area contributed by atoms with Gasteiger partial charge in [0, 0.05) is 25.7 Å². The van der Waals surface area contributed by atoms with Gasteiger partial charge in [0.1, 0.15) is 0 Å². The van der Waals surface area contributed by atoms with Gasteiger partial charge in [-0.05, 0) is 38.8 Å². The molecule has 1 N–H and O–H groups in total. The van der Waals surface area contributed by atoms with E-state index in [0.29, 0.717) is 11.4 Å². The number of nitrogens with zero attached hydrogens (tertiary/aromatic N) is 3. The minimum Gasteiger partial charge on any atom is -0.452 e. The average Bonchev–Trinajstić information content (AvgIpc) is 3.22. The molecule has 0 radical (unpaired) electrons. The van der Waals surface area contributed by atoms with Crippen molar-refractivity contribution in [2.24, 2.45) is 13.0 Å². The fourth-order valence-electron chi connectivity index (χ4n) is 3.67. The normalized spacial score (nSPS) is 17.2. The van der Waals surface area contributed by atoms with Gasteiger partial charge in [-0.3, -0.25) is 19.1 Å². The average molecular weight is 412 g/mol. The number of amides is 2. The highest BCUT2D eigenvalue weighted by Gasteiger charge is 2.38. The zero-order chi connectivity index (χ0) is 22.0. The number of benzene rings is 1. The van der Waals surface area contributed by atoms with Crippen LogP contribution in [0, 0.1) is 19.8 Å². The molecule has 8 nitrogen and oxygen atoms in total. The van der Waals surface area contributed by atoms with Crippen molar-refractivity contribution in [3.05, 3.63) is 41.2 Å². The topological polar surface area (TPSA) is 93.5 Å². The lowest BCUT2D eigenvalue weighted by Gasteiger charge is -2.20. The predicted octanol–water partition coefficient (Wildman–Crippen LogP) is 2.52. The van der Waals surface area contributed by atoms with Gasteiger partial charge < -0.3 is 15.0 Å². The Morgan fingerprint density at radius 1 is 1.30 bits per heavy atom. The Morgan fingerprint density at radius 2 is 2.00 bits per heavy atom. The van der Waals surface area contributed by atoms with Crippen molar-refractivity contribution >= 4 is 29.2 Å². The summed E-state index contributed by atoms with van der Waals surface area (Å²) in [6, 6.07) is 7.67. The van der Waals surface area contributed by atoms with Crippen LogP contribution < -0.4 is 10.2 Å². The Hall–Kier alpha value is -3.16. The Bertz CT molecular complexity index is 982. The molecule has 1 aliphatic heterocycles. The van der Waals surface area contributed by atoms with Gasteiger partial charge in [0.25, 0.3) is 5.91 Å². The van der Waals surface area contributed by atoms with Gasteiger partial charge in [0.2, 0.25) is 5.91 Å². The minimum atomic E-state index is -0.983. The van der Waals surface area contributed by atoms with Crippen molar-refractivity contribution in [3.8, 4) is 0 Å². The van der Waals surface area contributed by atoms with E-state index in [4.69, 9.17) is 4.74 Å². The smallest absolute Gasteiger partial charge is 0.312 e. The summed E-state index contributed by atoms with van der Waals surface area (Å²) in [5, 5.41) is 7.03.